The van der Waals surface area contributed by atoms with Gasteiger partial charge in [-0.15, -0.1) is 0 Å². The number of hydrogen-bond donors (Lipinski definition) is 3. The molecule has 5 nitrogen and oxygen atoms in total. The zero-order chi connectivity index (χ0) is 14.2. The van der Waals surface area contributed by atoms with E-state index in [0.29, 0.717) is 0 Å². The lowest BCUT2D eigenvalue weighted by molar-refractivity contribution is 0.177. The Labute approximate surface area is 118 Å². The molecule has 0 heterocycles. The average Bonchev–Trinajstić information content (AvgIpc) is 2.48. The number of rotatable bonds is 5. The van der Waals surface area contributed by atoms with E-state index in [4.69, 9.17) is 4.74 Å². The van der Waals surface area contributed by atoms with Gasteiger partial charge in [-0.2, -0.15) is 0 Å². The minimum absolute atomic E-state index is 0.180. The summed E-state index contributed by atoms with van der Waals surface area (Å²) < 4.78 is 4.75. The van der Waals surface area contributed by atoms with Crippen molar-refractivity contribution in [2.75, 3.05) is 24.5 Å². The first-order chi connectivity index (χ1) is 9.78. The quantitative estimate of drug-likeness (QED) is 0.732. The van der Waals surface area contributed by atoms with Crippen molar-refractivity contribution in [3.63, 3.8) is 0 Å². The predicted octanol–water partition coefficient (Wildman–Crippen LogP) is 3.16. The van der Waals surface area contributed by atoms with Crippen LogP contribution in [0.4, 0.5) is 21.9 Å². The summed E-state index contributed by atoms with van der Waals surface area (Å²) in [6, 6.07) is 17.1. The van der Waals surface area contributed by atoms with Crippen molar-refractivity contribution in [3.8, 4) is 0 Å². The van der Waals surface area contributed by atoms with Crippen LogP contribution >= 0.6 is 0 Å². The van der Waals surface area contributed by atoms with Crippen molar-refractivity contribution in [1.82, 2.24) is 5.32 Å². The van der Waals surface area contributed by atoms with Crippen molar-refractivity contribution >= 4 is 23.1 Å². The van der Waals surface area contributed by atoms with Crippen LogP contribution in [-0.2, 0) is 4.74 Å². The van der Waals surface area contributed by atoms with E-state index in [9.17, 15) is 4.79 Å². The molecule has 3 N–H and O–H groups in total. The minimum atomic E-state index is -0.296. The Morgan fingerprint density at radius 3 is 2.20 bits per heavy atom. The molecule has 0 atom stereocenters. The molecular weight excluding hydrogens is 254 g/mol. The van der Waals surface area contributed by atoms with Crippen molar-refractivity contribution in [2.24, 2.45) is 0 Å². The number of nitrogens with one attached hydrogen (secondary N) is 3. The summed E-state index contributed by atoms with van der Waals surface area (Å²) in [5.74, 6) is 0. The van der Waals surface area contributed by atoms with E-state index in [1.54, 1.807) is 0 Å². The molecule has 0 fully saturated rings. The molecule has 2 aromatic carbocycles. The molecule has 0 radical (unpaired) electrons. The molecule has 0 aliphatic carbocycles. The molecule has 5 heteroatoms. The van der Waals surface area contributed by atoms with Gasteiger partial charge in [-0.3, -0.25) is 0 Å². The Morgan fingerprint density at radius 2 is 1.55 bits per heavy atom. The fraction of sp³-hybridized carbons (Fsp3) is 0.133. The largest absolute Gasteiger partial charge is 0.364 e. The highest BCUT2D eigenvalue weighted by atomic mass is 16.5. The van der Waals surface area contributed by atoms with E-state index in [0.717, 1.165) is 17.1 Å². The summed E-state index contributed by atoms with van der Waals surface area (Å²) >= 11 is 0. The number of para-hydroxylation sites is 1. The molecule has 20 heavy (non-hydrogen) atoms. The van der Waals surface area contributed by atoms with Gasteiger partial charge >= 0.3 is 6.03 Å². The first-order valence-electron chi connectivity index (χ1n) is 6.24. The maximum absolute atomic E-state index is 11.4. The smallest absolute Gasteiger partial charge is 0.321 e. The molecule has 0 saturated heterocycles. The highest BCUT2D eigenvalue weighted by Crippen LogP contribution is 2.18. The van der Waals surface area contributed by atoms with Gasteiger partial charge in [0.2, 0.25) is 0 Å². The summed E-state index contributed by atoms with van der Waals surface area (Å²) in [5, 5.41) is 8.53. The number of anilines is 3. The molecule has 2 amide bonds. The Hall–Kier alpha value is -2.53. The van der Waals surface area contributed by atoms with Crippen LogP contribution in [0.5, 0.6) is 0 Å². The molecule has 104 valence electrons. The number of urea groups is 1. The number of ether oxygens (including phenoxy) is 1. The lowest BCUT2D eigenvalue weighted by atomic mass is 10.2. The van der Waals surface area contributed by atoms with E-state index in [1.807, 2.05) is 54.6 Å². The van der Waals surface area contributed by atoms with Gasteiger partial charge in [0, 0.05) is 24.2 Å². The number of amides is 2. The molecule has 0 unspecified atom stereocenters. The number of carbonyl (C=O) groups is 1. The second-order valence-electron chi connectivity index (χ2n) is 4.13. The lowest BCUT2D eigenvalue weighted by Gasteiger charge is -2.09. The van der Waals surface area contributed by atoms with Crippen LogP contribution in [0.15, 0.2) is 54.6 Å². The summed E-state index contributed by atoms with van der Waals surface area (Å²) in [6.07, 6.45) is 0. The normalized spacial score (nSPS) is 9.85. The monoisotopic (exact) mass is 271 g/mol. The zero-order valence-electron chi connectivity index (χ0n) is 11.2. The third-order valence-corrected chi connectivity index (χ3v) is 2.58. The molecule has 0 bridgehead atoms. The number of carbonyl (C=O) groups excluding carboxylic acids is 1. The maximum atomic E-state index is 11.4. The van der Waals surface area contributed by atoms with E-state index in [1.165, 1.54) is 7.11 Å². The van der Waals surface area contributed by atoms with Crippen molar-refractivity contribution in [1.29, 1.82) is 0 Å². The fourth-order valence-corrected chi connectivity index (χ4v) is 1.64. The number of methoxy groups -OCH3 is 1. The van der Waals surface area contributed by atoms with Crippen LogP contribution in [0, 0.1) is 0 Å². The van der Waals surface area contributed by atoms with Crippen molar-refractivity contribution < 1.29 is 9.53 Å². The third kappa shape index (κ3) is 4.29. The predicted molar refractivity (Wildman–Crippen MR) is 80.2 cm³/mol. The first-order valence-corrected chi connectivity index (χ1v) is 6.24. The van der Waals surface area contributed by atoms with Gasteiger partial charge < -0.3 is 20.7 Å². The molecule has 2 aromatic rings. The van der Waals surface area contributed by atoms with E-state index >= 15 is 0 Å². The highest BCUT2D eigenvalue weighted by molar-refractivity contribution is 5.89. The van der Waals surface area contributed by atoms with Gasteiger partial charge in [0.1, 0.15) is 6.73 Å². The Bertz CT molecular complexity index is 541. The number of hydrogen-bond acceptors (Lipinski definition) is 3. The highest BCUT2D eigenvalue weighted by Gasteiger charge is 2.00. The van der Waals surface area contributed by atoms with E-state index < -0.39 is 0 Å². The Balaban J connectivity index is 1.91. The average molecular weight is 271 g/mol. The van der Waals surface area contributed by atoms with Gasteiger partial charge in [-0.25, -0.2) is 4.79 Å². The molecular formula is C15H17N3O2. The summed E-state index contributed by atoms with van der Waals surface area (Å²) in [4.78, 5) is 11.4. The SMILES string of the molecule is COCNC(=O)Nc1ccc(Nc2ccccc2)cc1. The summed E-state index contributed by atoms with van der Waals surface area (Å²) in [7, 11) is 1.52. The van der Waals surface area contributed by atoms with Crippen molar-refractivity contribution in [3.05, 3.63) is 54.6 Å². The molecule has 0 aliphatic rings. The second kappa shape index (κ2) is 7.16. The van der Waals surface area contributed by atoms with Crippen LogP contribution in [0.25, 0.3) is 0 Å². The molecule has 2 rings (SSSR count). The standard InChI is InChI=1S/C15H17N3O2/c1-20-11-16-15(19)18-14-9-7-13(8-10-14)17-12-5-3-2-4-6-12/h2-10,17H,11H2,1H3,(H2,16,18,19). The van der Waals surface area contributed by atoms with E-state index in [2.05, 4.69) is 16.0 Å². The number of benzene rings is 2. The summed E-state index contributed by atoms with van der Waals surface area (Å²) in [5.41, 5.74) is 2.70. The first kappa shape index (κ1) is 13.9. The third-order valence-electron chi connectivity index (χ3n) is 2.58. The Morgan fingerprint density at radius 1 is 0.950 bits per heavy atom. The molecule has 0 saturated carbocycles. The second-order valence-corrected chi connectivity index (χ2v) is 4.13. The van der Waals surface area contributed by atoms with Crippen molar-refractivity contribution in [2.45, 2.75) is 0 Å². The van der Waals surface area contributed by atoms with Crippen LogP contribution in [0.2, 0.25) is 0 Å². The molecule has 0 aromatic heterocycles. The van der Waals surface area contributed by atoms with Crippen LogP contribution in [-0.4, -0.2) is 19.9 Å². The lowest BCUT2D eigenvalue weighted by Crippen LogP contribution is -2.30. The van der Waals surface area contributed by atoms with Crippen LogP contribution < -0.4 is 16.0 Å². The minimum Gasteiger partial charge on any atom is -0.364 e. The van der Waals surface area contributed by atoms with Crippen LogP contribution in [0.3, 0.4) is 0 Å². The van der Waals surface area contributed by atoms with Crippen LogP contribution in [0.1, 0.15) is 0 Å². The van der Waals surface area contributed by atoms with E-state index in [-0.39, 0.29) is 12.8 Å². The van der Waals surface area contributed by atoms with Gasteiger partial charge in [-0.05, 0) is 36.4 Å². The van der Waals surface area contributed by atoms with Gasteiger partial charge in [-0.1, -0.05) is 18.2 Å². The molecule has 0 spiro atoms. The Kier molecular flexibility index (Phi) is 4.97. The fourth-order valence-electron chi connectivity index (χ4n) is 1.64. The maximum Gasteiger partial charge on any atom is 0.321 e. The van der Waals surface area contributed by atoms with Gasteiger partial charge in [0.05, 0.1) is 0 Å². The topological polar surface area (TPSA) is 62.4 Å². The summed E-state index contributed by atoms with van der Waals surface area (Å²) in [6.45, 7) is 0.180. The zero-order valence-corrected chi connectivity index (χ0v) is 11.2. The molecule has 0 aliphatic heterocycles. The van der Waals surface area contributed by atoms with Gasteiger partial charge in [0.15, 0.2) is 0 Å². The van der Waals surface area contributed by atoms with Gasteiger partial charge in [0.25, 0.3) is 0 Å².